The Kier molecular flexibility index (Phi) is 3.17. The quantitative estimate of drug-likeness (QED) is 0.612. The Balaban J connectivity index is 2.07. The number of likely N-dealkylation sites (tertiary alicyclic amines) is 1. The lowest BCUT2D eigenvalue weighted by Gasteiger charge is -2.39. The van der Waals surface area contributed by atoms with Gasteiger partial charge in [-0.1, -0.05) is 0 Å². The van der Waals surface area contributed by atoms with Crippen molar-refractivity contribution in [1.29, 1.82) is 0 Å². The first-order chi connectivity index (χ1) is 8.28. The molecule has 1 saturated carbocycles. The Morgan fingerprint density at radius 1 is 1.28 bits per heavy atom. The molecule has 2 atom stereocenters. The van der Waals surface area contributed by atoms with Crippen molar-refractivity contribution in [3.05, 3.63) is 0 Å². The molecule has 5 nitrogen and oxygen atoms in total. The summed E-state index contributed by atoms with van der Waals surface area (Å²) in [5.41, 5.74) is -0.558. The minimum Gasteiger partial charge on any atom is -0.444 e. The van der Waals surface area contributed by atoms with E-state index in [2.05, 4.69) is 0 Å². The van der Waals surface area contributed by atoms with Crippen LogP contribution in [-0.4, -0.2) is 41.3 Å². The second kappa shape index (κ2) is 4.37. The van der Waals surface area contributed by atoms with Crippen LogP contribution in [0.3, 0.4) is 0 Å². The maximum absolute atomic E-state index is 11.9. The highest BCUT2D eigenvalue weighted by Gasteiger charge is 2.44. The summed E-state index contributed by atoms with van der Waals surface area (Å²) in [5, 5.41) is 0. The number of ether oxygens (including phenoxy) is 1. The highest BCUT2D eigenvalue weighted by molar-refractivity contribution is 6.06. The summed E-state index contributed by atoms with van der Waals surface area (Å²) in [6, 6.07) is 0. The standard InChI is InChI=1S/C13H19NO4/c1-13(2,3)18-12(17)14-6-8-4-5-10(15)9(7-14)11(8)16/h8-9H,4-7H2,1-3H3/t8-,9-/m0/s1. The number of carbonyl (C=O) groups excluding carboxylic acids is 3. The fourth-order valence-electron chi connectivity index (χ4n) is 2.49. The maximum atomic E-state index is 11.9. The van der Waals surface area contributed by atoms with Gasteiger partial charge in [0.1, 0.15) is 17.2 Å². The molecule has 5 heteroatoms. The van der Waals surface area contributed by atoms with Crippen molar-refractivity contribution in [2.45, 2.75) is 39.2 Å². The van der Waals surface area contributed by atoms with Crippen LogP contribution in [0.15, 0.2) is 0 Å². The molecule has 1 amide bonds. The van der Waals surface area contributed by atoms with E-state index < -0.39 is 17.6 Å². The molecular weight excluding hydrogens is 234 g/mol. The van der Waals surface area contributed by atoms with Gasteiger partial charge in [0.25, 0.3) is 0 Å². The molecule has 0 radical (unpaired) electrons. The lowest BCUT2D eigenvalue weighted by Crippen LogP contribution is -2.54. The molecule has 0 N–H and O–H groups in total. The summed E-state index contributed by atoms with van der Waals surface area (Å²) in [4.78, 5) is 37.0. The van der Waals surface area contributed by atoms with E-state index in [9.17, 15) is 14.4 Å². The van der Waals surface area contributed by atoms with Crippen LogP contribution in [0.2, 0.25) is 0 Å². The first kappa shape index (κ1) is 13.1. The van der Waals surface area contributed by atoms with Gasteiger partial charge < -0.3 is 9.64 Å². The molecule has 2 fully saturated rings. The Bertz CT molecular complexity index is 396. The summed E-state index contributed by atoms with van der Waals surface area (Å²) in [5.74, 6) is -0.838. The number of rotatable bonds is 0. The number of hydrogen-bond donors (Lipinski definition) is 0. The Morgan fingerprint density at radius 3 is 2.56 bits per heavy atom. The molecule has 1 aliphatic heterocycles. The number of fused-ring (bicyclic) bond motifs is 2. The first-order valence-corrected chi connectivity index (χ1v) is 6.32. The lowest BCUT2D eigenvalue weighted by atomic mass is 9.76. The summed E-state index contributed by atoms with van der Waals surface area (Å²) < 4.78 is 5.28. The lowest BCUT2D eigenvalue weighted by molar-refractivity contribution is -0.143. The van der Waals surface area contributed by atoms with Crippen molar-refractivity contribution < 1.29 is 19.1 Å². The van der Waals surface area contributed by atoms with Gasteiger partial charge >= 0.3 is 6.09 Å². The molecule has 1 aliphatic carbocycles. The third kappa shape index (κ3) is 2.54. The van der Waals surface area contributed by atoms with E-state index in [0.29, 0.717) is 19.4 Å². The topological polar surface area (TPSA) is 63.7 Å². The third-order valence-corrected chi connectivity index (χ3v) is 3.37. The first-order valence-electron chi connectivity index (χ1n) is 6.32. The van der Waals surface area contributed by atoms with Gasteiger partial charge in [0, 0.05) is 25.4 Å². The highest BCUT2D eigenvalue weighted by atomic mass is 16.6. The monoisotopic (exact) mass is 253 g/mol. The average Bonchev–Trinajstić information content (AvgIpc) is 2.21. The molecule has 0 spiro atoms. The Morgan fingerprint density at radius 2 is 1.94 bits per heavy atom. The molecule has 0 unspecified atom stereocenters. The number of nitrogens with zero attached hydrogens (tertiary/aromatic N) is 1. The van der Waals surface area contributed by atoms with Crippen LogP contribution in [0, 0.1) is 11.8 Å². The summed E-state index contributed by atoms with van der Waals surface area (Å²) in [7, 11) is 0. The number of hydrogen-bond acceptors (Lipinski definition) is 4. The van der Waals surface area contributed by atoms with E-state index in [1.165, 1.54) is 4.90 Å². The van der Waals surface area contributed by atoms with Crippen molar-refractivity contribution in [2.24, 2.45) is 11.8 Å². The SMILES string of the molecule is CC(C)(C)OC(=O)N1C[C@@H]2CCC(=O)[C@H](C1)C2=O. The number of Topliss-reactive ketones (excluding diaryl/α,β-unsaturated/α-hetero) is 2. The molecule has 2 bridgehead atoms. The van der Waals surface area contributed by atoms with Crippen LogP contribution in [-0.2, 0) is 14.3 Å². The second-order valence-corrected chi connectivity index (χ2v) is 6.04. The molecule has 0 aromatic heterocycles. The molecule has 1 saturated heterocycles. The van der Waals surface area contributed by atoms with Gasteiger partial charge in [-0.2, -0.15) is 0 Å². The molecule has 0 aromatic rings. The van der Waals surface area contributed by atoms with Gasteiger partial charge in [-0.3, -0.25) is 9.59 Å². The predicted octanol–water partition coefficient (Wildman–Crippen LogP) is 1.40. The van der Waals surface area contributed by atoms with Crippen molar-refractivity contribution in [2.75, 3.05) is 13.1 Å². The zero-order valence-corrected chi connectivity index (χ0v) is 11.1. The van der Waals surface area contributed by atoms with Crippen LogP contribution in [0.1, 0.15) is 33.6 Å². The third-order valence-electron chi connectivity index (χ3n) is 3.37. The van der Waals surface area contributed by atoms with E-state index in [1.807, 2.05) is 0 Å². The molecule has 2 rings (SSSR count). The van der Waals surface area contributed by atoms with Gasteiger partial charge in [0.15, 0.2) is 0 Å². The van der Waals surface area contributed by atoms with E-state index in [0.717, 1.165) is 0 Å². The van der Waals surface area contributed by atoms with Crippen LogP contribution in [0.25, 0.3) is 0 Å². The van der Waals surface area contributed by atoms with Crippen molar-refractivity contribution in [1.82, 2.24) is 4.90 Å². The number of piperidine rings is 1. The number of amides is 1. The van der Waals surface area contributed by atoms with E-state index in [1.54, 1.807) is 20.8 Å². The van der Waals surface area contributed by atoms with Gasteiger partial charge in [-0.15, -0.1) is 0 Å². The highest BCUT2D eigenvalue weighted by Crippen LogP contribution is 2.30. The Labute approximate surface area is 106 Å². The van der Waals surface area contributed by atoms with E-state index in [-0.39, 0.29) is 24.0 Å². The van der Waals surface area contributed by atoms with Gasteiger partial charge in [-0.05, 0) is 27.2 Å². The zero-order chi connectivity index (χ0) is 13.5. The Hall–Kier alpha value is -1.39. The average molecular weight is 253 g/mol. The largest absolute Gasteiger partial charge is 0.444 e. The second-order valence-electron chi connectivity index (χ2n) is 6.04. The van der Waals surface area contributed by atoms with Gasteiger partial charge in [0.05, 0.1) is 5.92 Å². The van der Waals surface area contributed by atoms with Crippen molar-refractivity contribution in [3.63, 3.8) is 0 Å². The van der Waals surface area contributed by atoms with Crippen LogP contribution in [0.4, 0.5) is 4.79 Å². The van der Waals surface area contributed by atoms with Gasteiger partial charge in [-0.25, -0.2) is 4.79 Å². The van der Waals surface area contributed by atoms with Crippen molar-refractivity contribution >= 4 is 17.7 Å². The molecule has 0 aromatic carbocycles. The maximum Gasteiger partial charge on any atom is 0.410 e. The fourth-order valence-corrected chi connectivity index (χ4v) is 2.49. The van der Waals surface area contributed by atoms with E-state index >= 15 is 0 Å². The summed E-state index contributed by atoms with van der Waals surface area (Å²) >= 11 is 0. The molecule has 1 heterocycles. The predicted molar refractivity (Wildman–Crippen MR) is 64.0 cm³/mol. The van der Waals surface area contributed by atoms with E-state index in [4.69, 9.17) is 4.74 Å². The molecule has 18 heavy (non-hydrogen) atoms. The molecule has 100 valence electrons. The minimum absolute atomic E-state index is 0.00561. The normalized spacial score (nSPS) is 28.3. The smallest absolute Gasteiger partial charge is 0.410 e. The summed E-state index contributed by atoms with van der Waals surface area (Å²) in [6.45, 7) is 5.96. The number of carbonyl (C=O) groups is 3. The summed E-state index contributed by atoms with van der Waals surface area (Å²) in [6.07, 6.45) is 0.594. The van der Waals surface area contributed by atoms with Crippen LogP contribution >= 0.6 is 0 Å². The molecule has 2 aliphatic rings. The molecular formula is C13H19NO4. The van der Waals surface area contributed by atoms with Gasteiger partial charge in [0.2, 0.25) is 0 Å². The minimum atomic E-state index is -0.620. The van der Waals surface area contributed by atoms with Crippen LogP contribution < -0.4 is 0 Å². The fraction of sp³-hybridized carbons (Fsp3) is 0.769. The van der Waals surface area contributed by atoms with Crippen molar-refractivity contribution in [3.8, 4) is 0 Å². The zero-order valence-electron chi connectivity index (χ0n) is 11.1. The number of ketones is 2. The van der Waals surface area contributed by atoms with Crippen LogP contribution in [0.5, 0.6) is 0 Å².